The zero-order valence-corrected chi connectivity index (χ0v) is 14.7. The number of hydrogen-bond acceptors (Lipinski definition) is 7. The third-order valence-corrected chi connectivity index (χ3v) is 4.60. The predicted molar refractivity (Wildman–Crippen MR) is 97.5 cm³/mol. The molecule has 9 nitrogen and oxygen atoms in total. The number of nitrogens with zero attached hydrogens (tertiary/aromatic N) is 7. The topological polar surface area (TPSA) is 103 Å². The summed E-state index contributed by atoms with van der Waals surface area (Å²) in [7, 11) is 0. The molecule has 138 valence electrons. The van der Waals surface area contributed by atoms with E-state index in [-0.39, 0.29) is 11.8 Å². The maximum absolute atomic E-state index is 12.6. The van der Waals surface area contributed by atoms with E-state index in [0.717, 1.165) is 11.3 Å². The van der Waals surface area contributed by atoms with E-state index in [1.54, 1.807) is 17.3 Å². The SMILES string of the molecule is O=C(c1cnn(-c2ccccc2)n1)N1CC(c2nc(-c3ccncc3)no2)C1. The van der Waals surface area contributed by atoms with Gasteiger partial charge in [-0.15, -0.1) is 5.10 Å². The first-order chi connectivity index (χ1) is 13.8. The van der Waals surface area contributed by atoms with Gasteiger partial charge in [0.15, 0.2) is 5.69 Å². The van der Waals surface area contributed by atoms with Crippen LogP contribution in [0.4, 0.5) is 0 Å². The Morgan fingerprint density at radius 2 is 1.86 bits per heavy atom. The van der Waals surface area contributed by atoms with Gasteiger partial charge in [0.25, 0.3) is 5.91 Å². The van der Waals surface area contributed by atoms with Gasteiger partial charge in [-0.1, -0.05) is 23.4 Å². The lowest BCUT2D eigenvalue weighted by atomic mass is 10.00. The largest absolute Gasteiger partial charge is 0.339 e. The number of carbonyl (C=O) groups excluding carboxylic acids is 1. The molecule has 0 spiro atoms. The molecule has 1 saturated heterocycles. The molecule has 0 saturated carbocycles. The van der Waals surface area contributed by atoms with Crippen molar-refractivity contribution in [3.63, 3.8) is 0 Å². The number of pyridine rings is 1. The summed E-state index contributed by atoms with van der Waals surface area (Å²) in [4.78, 5) is 24.2. The van der Waals surface area contributed by atoms with Crippen molar-refractivity contribution in [1.82, 2.24) is 35.0 Å². The van der Waals surface area contributed by atoms with Crippen molar-refractivity contribution in [3.8, 4) is 17.1 Å². The van der Waals surface area contributed by atoms with Gasteiger partial charge in [0.1, 0.15) is 0 Å². The van der Waals surface area contributed by atoms with E-state index in [0.29, 0.717) is 30.5 Å². The molecular weight excluding hydrogens is 358 g/mol. The summed E-state index contributed by atoms with van der Waals surface area (Å²) in [5.41, 5.74) is 1.96. The first kappa shape index (κ1) is 16.3. The monoisotopic (exact) mass is 373 g/mol. The summed E-state index contributed by atoms with van der Waals surface area (Å²) in [6, 6.07) is 13.1. The van der Waals surface area contributed by atoms with Crippen molar-refractivity contribution in [3.05, 3.63) is 72.6 Å². The number of para-hydroxylation sites is 1. The van der Waals surface area contributed by atoms with Crippen LogP contribution in [0.2, 0.25) is 0 Å². The molecular formula is C19H15N7O2. The van der Waals surface area contributed by atoms with Crippen LogP contribution in [0.15, 0.2) is 65.6 Å². The minimum absolute atomic E-state index is 0.0243. The average Bonchev–Trinajstić information content (AvgIpc) is 3.38. The molecule has 1 aliphatic heterocycles. The molecule has 1 amide bonds. The zero-order valence-electron chi connectivity index (χ0n) is 14.7. The van der Waals surface area contributed by atoms with E-state index < -0.39 is 0 Å². The summed E-state index contributed by atoms with van der Waals surface area (Å²) in [6.45, 7) is 1.02. The van der Waals surface area contributed by atoms with E-state index in [4.69, 9.17) is 4.52 Å². The van der Waals surface area contributed by atoms with Crippen molar-refractivity contribution in [2.24, 2.45) is 0 Å². The number of hydrogen-bond donors (Lipinski definition) is 0. The number of rotatable bonds is 4. The molecule has 4 heterocycles. The second-order valence-corrected chi connectivity index (χ2v) is 6.45. The molecule has 28 heavy (non-hydrogen) atoms. The standard InChI is InChI=1S/C19H15N7O2/c27-19(16-10-21-26(23-16)15-4-2-1-3-5-15)25-11-14(12-25)18-22-17(24-28-18)13-6-8-20-9-7-13/h1-10,14H,11-12H2. The van der Waals surface area contributed by atoms with Gasteiger partial charge in [-0.25, -0.2) is 0 Å². The highest BCUT2D eigenvalue weighted by Gasteiger charge is 2.37. The van der Waals surface area contributed by atoms with Crippen molar-refractivity contribution in [2.75, 3.05) is 13.1 Å². The van der Waals surface area contributed by atoms with E-state index >= 15 is 0 Å². The van der Waals surface area contributed by atoms with E-state index in [1.807, 2.05) is 42.5 Å². The lowest BCUT2D eigenvalue weighted by Gasteiger charge is -2.36. The number of likely N-dealkylation sites (tertiary alicyclic amines) is 1. The molecule has 9 heteroatoms. The van der Waals surface area contributed by atoms with Gasteiger partial charge >= 0.3 is 0 Å². The van der Waals surface area contributed by atoms with Gasteiger partial charge in [0.05, 0.1) is 17.8 Å². The second-order valence-electron chi connectivity index (χ2n) is 6.45. The molecule has 0 N–H and O–H groups in total. The summed E-state index contributed by atoms with van der Waals surface area (Å²) >= 11 is 0. The average molecular weight is 373 g/mol. The fourth-order valence-corrected chi connectivity index (χ4v) is 3.03. The Hall–Kier alpha value is -3.88. The highest BCUT2D eigenvalue weighted by Crippen LogP contribution is 2.28. The van der Waals surface area contributed by atoms with Gasteiger partial charge < -0.3 is 9.42 Å². The van der Waals surface area contributed by atoms with Gasteiger partial charge in [-0.3, -0.25) is 9.78 Å². The van der Waals surface area contributed by atoms with Gasteiger partial charge in [-0.2, -0.15) is 14.9 Å². The normalized spacial score (nSPS) is 14.1. The fraction of sp³-hybridized carbons (Fsp3) is 0.158. The van der Waals surface area contributed by atoms with Gasteiger partial charge in [0.2, 0.25) is 11.7 Å². The Kier molecular flexibility index (Phi) is 3.90. The number of amides is 1. The number of aromatic nitrogens is 6. The molecule has 0 bridgehead atoms. The van der Waals surface area contributed by atoms with Crippen LogP contribution in [0.5, 0.6) is 0 Å². The summed E-state index contributed by atoms with van der Waals surface area (Å²) < 4.78 is 5.37. The number of carbonyl (C=O) groups is 1. The lowest BCUT2D eigenvalue weighted by Crippen LogP contribution is -2.48. The maximum atomic E-state index is 12.6. The Labute approximate surface area is 159 Å². The Morgan fingerprint density at radius 1 is 1.07 bits per heavy atom. The highest BCUT2D eigenvalue weighted by atomic mass is 16.5. The molecule has 1 fully saturated rings. The predicted octanol–water partition coefficient (Wildman–Crippen LogP) is 1.95. The van der Waals surface area contributed by atoms with Gasteiger partial charge in [0, 0.05) is 31.0 Å². The fourth-order valence-electron chi connectivity index (χ4n) is 3.03. The Morgan fingerprint density at radius 3 is 2.64 bits per heavy atom. The minimum atomic E-state index is -0.160. The van der Waals surface area contributed by atoms with E-state index in [9.17, 15) is 4.79 Å². The van der Waals surface area contributed by atoms with Crippen LogP contribution in [-0.2, 0) is 0 Å². The van der Waals surface area contributed by atoms with Crippen LogP contribution < -0.4 is 0 Å². The van der Waals surface area contributed by atoms with Crippen molar-refractivity contribution in [2.45, 2.75) is 5.92 Å². The summed E-state index contributed by atoms with van der Waals surface area (Å²) in [5.74, 6) is 0.917. The highest BCUT2D eigenvalue weighted by molar-refractivity contribution is 5.92. The quantitative estimate of drug-likeness (QED) is 0.539. The van der Waals surface area contributed by atoms with Crippen LogP contribution in [0, 0.1) is 0 Å². The molecule has 4 aromatic rings. The molecule has 1 aliphatic rings. The van der Waals surface area contributed by atoms with Crippen LogP contribution in [0.1, 0.15) is 22.3 Å². The molecule has 0 unspecified atom stereocenters. The first-order valence-electron chi connectivity index (χ1n) is 8.79. The van der Waals surface area contributed by atoms with Crippen LogP contribution >= 0.6 is 0 Å². The first-order valence-corrected chi connectivity index (χ1v) is 8.79. The van der Waals surface area contributed by atoms with Crippen molar-refractivity contribution < 1.29 is 9.32 Å². The summed E-state index contributed by atoms with van der Waals surface area (Å²) in [5, 5.41) is 12.5. The second kappa shape index (κ2) is 6.69. The molecule has 0 atom stereocenters. The molecule has 5 rings (SSSR count). The third-order valence-electron chi connectivity index (χ3n) is 4.60. The molecule has 0 radical (unpaired) electrons. The number of benzene rings is 1. The zero-order chi connectivity index (χ0) is 18.9. The van der Waals surface area contributed by atoms with Crippen LogP contribution in [0.3, 0.4) is 0 Å². The summed E-state index contributed by atoms with van der Waals surface area (Å²) in [6.07, 6.45) is 4.84. The third kappa shape index (κ3) is 2.92. The molecule has 1 aromatic carbocycles. The van der Waals surface area contributed by atoms with Gasteiger partial charge in [-0.05, 0) is 24.3 Å². The van der Waals surface area contributed by atoms with Crippen molar-refractivity contribution >= 4 is 5.91 Å². The smallest absolute Gasteiger partial charge is 0.276 e. The van der Waals surface area contributed by atoms with E-state index in [1.165, 1.54) is 11.0 Å². The maximum Gasteiger partial charge on any atom is 0.276 e. The van der Waals surface area contributed by atoms with Crippen LogP contribution in [0.25, 0.3) is 17.1 Å². The Bertz CT molecular complexity index is 1100. The van der Waals surface area contributed by atoms with Crippen molar-refractivity contribution in [1.29, 1.82) is 0 Å². The molecule has 3 aromatic heterocycles. The van der Waals surface area contributed by atoms with E-state index in [2.05, 4.69) is 25.3 Å². The van der Waals surface area contributed by atoms with Crippen LogP contribution in [-0.4, -0.2) is 54.0 Å². The Balaban J connectivity index is 1.24. The lowest BCUT2D eigenvalue weighted by molar-refractivity contribution is 0.0562. The minimum Gasteiger partial charge on any atom is -0.339 e. The molecule has 0 aliphatic carbocycles.